The second kappa shape index (κ2) is 5.15. The van der Waals surface area contributed by atoms with Crippen LogP contribution in [0.15, 0.2) is 47.4 Å². The predicted molar refractivity (Wildman–Crippen MR) is 72.2 cm³/mol. The van der Waals surface area contributed by atoms with Gasteiger partial charge in [0.2, 0.25) is 0 Å². The predicted octanol–water partition coefficient (Wildman–Crippen LogP) is 3.66. The molecule has 0 N–H and O–H groups in total. The van der Waals surface area contributed by atoms with Gasteiger partial charge in [0.1, 0.15) is 0 Å². The van der Waals surface area contributed by atoms with Gasteiger partial charge < -0.3 is 9.47 Å². The number of hydrogen-bond donors (Lipinski definition) is 1. The molecule has 0 bridgehead atoms. The van der Waals surface area contributed by atoms with E-state index in [1.807, 2.05) is 42.5 Å². The molecule has 2 aromatic carbocycles. The Morgan fingerprint density at radius 1 is 0.882 bits per heavy atom. The smallest absolute Gasteiger partial charge is 0.161 e. The van der Waals surface area contributed by atoms with E-state index in [1.165, 1.54) is 0 Å². The summed E-state index contributed by atoms with van der Waals surface area (Å²) in [6.07, 6.45) is 0. The average Bonchev–Trinajstić information content (AvgIpc) is 2.39. The maximum atomic E-state index is 5.29. The zero-order chi connectivity index (χ0) is 12.3. The van der Waals surface area contributed by atoms with Crippen LogP contribution in [0, 0.1) is 0 Å². The third-order valence-electron chi connectivity index (χ3n) is 2.59. The zero-order valence-electron chi connectivity index (χ0n) is 9.81. The summed E-state index contributed by atoms with van der Waals surface area (Å²) in [5.74, 6) is 1.40. The first-order valence-corrected chi connectivity index (χ1v) is 5.71. The molecule has 2 nitrogen and oxygen atoms in total. The number of benzene rings is 2. The van der Waals surface area contributed by atoms with Crippen molar-refractivity contribution in [3.63, 3.8) is 0 Å². The number of thiol groups is 1. The van der Waals surface area contributed by atoms with Crippen LogP contribution in [0.2, 0.25) is 0 Å². The summed E-state index contributed by atoms with van der Waals surface area (Å²) in [4.78, 5) is 0.869. The summed E-state index contributed by atoms with van der Waals surface area (Å²) in [7, 11) is 3.25. The van der Waals surface area contributed by atoms with E-state index < -0.39 is 0 Å². The number of methoxy groups -OCH3 is 2. The van der Waals surface area contributed by atoms with Gasteiger partial charge in [-0.3, -0.25) is 0 Å². The standard InChI is InChI=1S/C14H14O2S/c1-15-12-8-11(10-6-4-3-5-7-10)14(17)9-13(12)16-2/h3-9,17H,1-2H3. The molecule has 0 spiro atoms. The van der Waals surface area contributed by atoms with Crippen LogP contribution in [0.1, 0.15) is 0 Å². The third-order valence-corrected chi connectivity index (χ3v) is 2.96. The highest BCUT2D eigenvalue weighted by molar-refractivity contribution is 7.80. The van der Waals surface area contributed by atoms with Crippen molar-refractivity contribution in [2.24, 2.45) is 0 Å². The van der Waals surface area contributed by atoms with Gasteiger partial charge in [0.25, 0.3) is 0 Å². The summed E-state index contributed by atoms with van der Waals surface area (Å²) >= 11 is 4.48. The first-order valence-electron chi connectivity index (χ1n) is 5.26. The Bertz CT molecular complexity index is 509. The van der Waals surface area contributed by atoms with Gasteiger partial charge in [0, 0.05) is 4.90 Å². The van der Waals surface area contributed by atoms with E-state index in [9.17, 15) is 0 Å². The highest BCUT2D eigenvalue weighted by Crippen LogP contribution is 2.37. The van der Waals surface area contributed by atoms with Crippen molar-refractivity contribution in [1.82, 2.24) is 0 Å². The van der Waals surface area contributed by atoms with E-state index in [0.717, 1.165) is 16.0 Å². The molecule has 2 rings (SSSR count). The molecule has 0 amide bonds. The molecule has 3 heteroatoms. The maximum Gasteiger partial charge on any atom is 0.161 e. The minimum atomic E-state index is 0.692. The molecule has 0 radical (unpaired) electrons. The second-order valence-corrected chi connectivity index (χ2v) is 4.07. The summed E-state index contributed by atoms with van der Waals surface area (Å²) in [6, 6.07) is 13.9. The summed E-state index contributed by atoms with van der Waals surface area (Å²) in [6.45, 7) is 0. The lowest BCUT2D eigenvalue weighted by molar-refractivity contribution is 0.354. The minimum Gasteiger partial charge on any atom is -0.493 e. The summed E-state index contributed by atoms with van der Waals surface area (Å²) < 4.78 is 10.5. The van der Waals surface area contributed by atoms with Crippen molar-refractivity contribution >= 4 is 12.6 Å². The van der Waals surface area contributed by atoms with E-state index in [1.54, 1.807) is 14.2 Å². The van der Waals surface area contributed by atoms with Crippen molar-refractivity contribution in [2.75, 3.05) is 14.2 Å². The average molecular weight is 246 g/mol. The molecule has 0 saturated heterocycles. The van der Waals surface area contributed by atoms with E-state index in [2.05, 4.69) is 12.6 Å². The van der Waals surface area contributed by atoms with Crippen LogP contribution in [-0.4, -0.2) is 14.2 Å². The molecule has 88 valence electrons. The zero-order valence-corrected chi connectivity index (χ0v) is 10.7. The lowest BCUT2D eigenvalue weighted by Crippen LogP contribution is -1.92. The fraction of sp³-hybridized carbons (Fsp3) is 0.143. The van der Waals surface area contributed by atoms with Crippen molar-refractivity contribution in [2.45, 2.75) is 4.90 Å². The molecule has 0 aromatic heterocycles. The summed E-state index contributed by atoms with van der Waals surface area (Å²) in [5, 5.41) is 0. The van der Waals surface area contributed by atoms with Crippen LogP contribution in [-0.2, 0) is 0 Å². The Kier molecular flexibility index (Phi) is 3.59. The fourth-order valence-electron chi connectivity index (χ4n) is 1.72. The van der Waals surface area contributed by atoms with Gasteiger partial charge in [-0.2, -0.15) is 0 Å². The largest absolute Gasteiger partial charge is 0.493 e. The second-order valence-electron chi connectivity index (χ2n) is 3.59. The highest BCUT2D eigenvalue weighted by atomic mass is 32.1. The van der Waals surface area contributed by atoms with Gasteiger partial charge in [-0.25, -0.2) is 0 Å². The highest BCUT2D eigenvalue weighted by Gasteiger charge is 2.10. The minimum absolute atomic E-state index is 0.692. The topological polar surface area (TPSA) is 18.5 Å². The van der Waals surface area contributed by atoms with Crippen LogP contribution in [0.3, 0.4) is 0 Å². The first-order chi connectivity index (χ1) is 8.26. The molecule has 0 atom stereocenters. The van der Waals surface area contributed by atoms with Crippen LogP contribution < -0.4 is 9.47 Å². The molecular formula is C14H14O2S. The molecule has 2 aromatic rings. The van der Waals surface area contributed by atoms with E-state index in [4.69, 9.17) is 9.47 Å². The Morgan fingerprint density at radius 3 is 2.06 bits per heavy atom. The van der Waals surface area contributed by atoms with Crippen molar-refractivity contribution in [3.05, 3.63) is 42.5 Å². The maximum absolute atomic E-state index is 5.29. The first kappa shape index (κ1) is 11.9. The lowest BCUT2D eigenvalue weighted by Gasteiger charge is -2.12. The quantitative estimate of drug-likeness (QED) is 0.833. The van der Waals surface area contributed by atoms with E-state index in [-0.39, 0.29) is 0 Å². The fourth-order valence-corrected chi connectivity index (χ4v) is 2.03. The molecule has 0 aliphatic rings. The lowest BCUT2D eigenvalue weighted by atomic mass is 10.1. The number of hydrogen-bond acceptors (Lipinski definition) is 3. The van der Waals surface area contributed by atoms with E-state index in [0.29, 0.717) is 11.5 Å². The van der Waals surface area contributed by atoms with Gasteiger partial charge in [-0.1, -0.05) is 30.3 Å². The molecule has 0 fully saturated rings. The third kappa shape index (κ3) is 2.39. The van der Waals surface area contributed by atoms with Gasteiger partial charge in [-0.15, -0.1) is 12.6 Å². The van der Waals surface area contributed by atoms with Gasteiger partial charge in [0.05, 0.1) is 14.2 Å². The molecule has 0 saturated carbocycles. The Morgan fingerprint density at radius 2 is 1.47 bits per heavy atom. The van der Waals surface area contributed by atoms with Crippen molar-refractivity contribution in [1.29, 1.82) is 0 Å². The molecule has 0 unspecified atom stereocenters. The Balaban J connectivity index is 2.56. The van der Waals surface area contributed by atoms with Crippen molar-refractivity contribution < 1.29 is 9.47 Å². The van der Waals surface area contributed by atoms with Gasteiger partial charge >= 0.3 is 0 Å². The van der Waals surface area contributed by atoms with Gasteiger partial charge in [-0.05, 0) is 23.3 Å². The summed E-state index contributed by atoms with van der Waals surface area (Å²) in [5.41, 5.74) is 2.14. The van der Waals surface area contributed by atoms with Crippen molar-refractivity contribution in [3.8, 4) is 22.6 Å². The monoisotopic (exact) mass is 246 g/mol. The number of ether oxygens (including phenoxy) is 2. The van der Waals surface area contributed by atoms with Gasteiger partial charge in [0.15, 0.2) is 11.5 Å². The molecule has 0 aliphatic heterocycles. The molecular weight excluding hydrogens is 232 g/mol. The molecule has 0 aliphatic carbocycles. The SMILES string of the molecule is COc1cc(S)c(-c2ccccc2)cc1OC. The normalized spacial score (nSPS) is 10.1. The van der Waals surface area contributed by atoms with Crippen LogP contribution in [0.25, 0.3) is 11.1 Å². The molecule has 0 heterocycles. The van der Waals surface area contributed by atoms with E-state index >= 15 is 0 Å². The van der Waals surface area contributed by atoms with Crippen LogP contribution >= 0.6 is 12.6 Å². The van der Waals surface area contributed by atoms with Crippen LogP contribution in [0.4, 0.5) is 0 Å². The number of rotatable bonds is 3. The Hall–Kier alpha value is -1.61. The van der Waals surface area contributed by atoms with Crippen LogP contribution in [0.5, 0.6) is 11.5 Å². The molecule has 17 heavy (non-hydrogen) atoms. The Labute approximate surface area is 107 Å².